The zero-order valence-corrected chi connectivity index (χ0v) is 11.4. The van der Waals surface area contributed by atoms with E-state index in [4.69, 9.17) is 4.74 Å². The minimum absolute atomic E-state index is 0.197. The predicted octanol–water partition coefficient (Wildman–Crippen LogP) is 2.23. The van der Waals surface area contributed by atoms with Gasteiger partial charge in [-0.05, 0) is 32.2 Å². The van der Waals surface area contributed by atoms with Crippen LogP contribution in [-0.4, -0.2) is 25.7 Å². The summed E-state index contributed by atoms with van der Waals surface area (Å²) in [5.74, 6) is 0.987. The highest BCUT2D eigenvalue weighted by molar-refractivity contribution is 7.10. The molecule has 16 heavy (non-hydrogen) atoms. The molecule has 0 bridgehead atoms. The van der Waals surface area contributed by atoms with Crippen LogP contribution in [0.1, 0.15) is 25.6 Å². The van der Waals surface area contributed by atoms with Crippen molar-refractivity contribution < 1.29 is 4.74 Å². The standard InChI is InChI=1S/C12H22N2OS/c1-12(2,3)14-7-6-13-9-11-10(15-4)5-8-16-11/h5,8,13-14H,6-7,9H2,1-4H3. The third kappa shape index (κ3) is 4.96. The smallest absolute Gasteiger partial charge is 0.134 e. The number of hydrogen-bond donors (Lipinski definition) is 2. The summed E-state index contributed by atoms with van der Waals surface area (Å²) < 4.78 is 5.25. The zero-order valence-electron chi connectivity index (χ0n) is 10.6. The van der Waals surface area contributed by atoms with Crippen molar-refractivity contribution >= 4 is 11.3 Å². The van der Waals surface area contributed by atoms with Crippen LogP contribution in [0.25, 0.3) is 0 Å². The summed E-state index contributed by atoms with van der Waals surface area (Å²) in [4.78, 5) is 1.26. The molecule has 0 radical (unpaired) electrons. The summed E-state index contributed by atoms with van der Waals surface area (Å²) in [6.07, 6.45) is 0. The fourth-order valence-corrected chi connectivity index (χ4v) is 2.18. The second kappa shape index (κ2) is 6.23. The Morgan fingerprint density at radius 3 is 2.69 bits per heavy atom. The fourth-order valence-electron chi connectivity index (χ4n) is 1.37. The molecule has 3 nitrogen and oxygen atoms in total. The van der Waals surface area contributed by atoms with Crippen LogP contribution in [0, 0.1) is 0 Å². The average Bonchev–Trinajstić information content (AvgIpc) is 2.63. The van der Waals surface area contributed by atoms with Gasteiger partial charge in [-0.2, -0.15) is 0 Å². The molecule has 0 aliphatic rings. The quantitative estimate of drug-likeness (QED) is 0.751. The van der Waals surface area contributed by atoms with Crippen molar-refractivity contribution in [3.8, 4) is 5.75 Å². The third-order valence-corrected chi connectivity index (χ3v) is 3.07. The Kier molecular flexibility index (Phi) is 5.25. The molecule has 4 heteroatoms. The molecule has 0 saturated heterocycles. The minimum Gasteiger partial charge on any atom is -0.496 e. The van der Waals surface area contributed by atoms with Gasteiger partial charge in [0.25, 0.3) is 0 Å². The summed E-state index contributed by atoms with van der Waals surface area (Å²) in [5, 5.41) is 8.90. The average molecular weight is 242 g/mol. The van der Waals surface area contributed by atoms with Crippen LogP contribution in [0.3, 0.4) is 0 Å². The van der Waals surface area contributed by atoms with Gasteiger partial charge in [-0.1, -0.05) is 0 Å². The van der Waals surface area contributed by atoms with Crippen LogP contribution in [0.4, 0.5) is 0 Å². The van der Waals surface area contributed by atoms with Gasteiger partial charge in [0.05, 0.1) is 12.0 Å². The van der Waals surface area contributed by atoms with E-state index < -0.39 is 0 Å². The van der Waals surface area contributed by atoms with E-state index in [1.165, 1.54) is 4.88 Å². The lowest BCUT2D eigenvalue weighted by Crippen LogP contribution is -2.40. The van der Waals surface area contributed by atoms with E-state index >= 15 is 0 Å². The molecule has 0 spiro atoms. The number of rotatable bonds is 6. The van der Waals surface area contributed by atoms with Gasteiger partial charge in [-0.15, -0.1) is 11.3 Å². The molecule has 0 atom stereocenters. The van der Waals surface area contributed by atoms with Crippen molar-refractivity contribution in [2.75, 3.05) is 20.2 Å². The molecule has 0 unspecified atom stereocenters. The first-order chi connectivity index (χ1) is 7.53. The van der Waals surface area contributed by atoms with Gasteiger partial charge in [0.15, 0.2) is 0 Å². The van der Waals surface area contributed by atoms with Gasteiger partial charge in [0, 0.05) is 25.2 Å². The van der Waals surface area contributed by atoms with Crippen molar-refractivity contribution in [2.24, 2.45) is 0 Å². The maximum Gasteiger partial charge on any atom is 0.134 e. The number of hydrogen-bond acceptors (Lipinski definition) is 4. The van der Waals surface area contributed by atoms with E-state index in [0.29, 0.717) is 0 Å². The van der Waals surface area contributed by atoms with E-state index in [1.807, 2.05) is 6.07 Å². The summed E-state index contributed by atoms with van der Waals surface area (Å²) in [6.45, 7) is 9.36. The Balaban J connectivity index is 2.16. The first kappa shape index (κ1) is 13.5. The number of ether oxygens (including phenoxy) is 1. The Morgan fingerprint density at radius 1 is 1.31 bits per heavy atom. The molecule has 1 aromatic rings. The molecule has 1 aromatic heterocycles. The fraction of sp³-hybridized carbons (Fsp3) is 0.667. The molecule has 0 aromatic carbocycles. The summed E-state index contributed by atoms with van der Waals surface area (Å²) >= 11 is 1.73. The normalized spacial score (nSPS) is 11.8. The highest BCUT2D eigenvalue weighted by Crippen LogP contribution is 2.23. The van der Waals surface area contributed by atoms with Crippen LogP contribution < -0.4 is 15.4 Å². The first-order valence-corrected chi connectivity index (χ1v) is 6.47. The lowest BCUT2D eigenvalue weighted by atomic mass is 10.1. The van der Waals surface area contributed by atoms with Gasteiger partial charge in [-0.25, -0.2) is 0 Å². The summed E-state index contributed by atoms with van der Waals surface area (Å²) in [6, 6.07) is 2.01. The minimum atomic E-state index is 0.197. The largest absolute Gasteiger partial charge is 0.496 e. The molecule has 0 aliphatic carbocycles. The summed E-state index contributed by atoms with van der Waals surface area (Å²) in [5.41, 5.74) is 0.197. The predicted molar refractivity (Wildman–Crippen MR) is 70.3 cm³/mol. The molecule has 1 rings (SSSR count). The molecule has 2 N–H and O–H groups in total. The zero-order chi connectivity index (χ0) is 12.0. The first-order valence-electron chi connectivity index (χ1n) is 5.59. The van der Waals surface area contributed by atoms with Crippen molar-refractivity contribution in [1.29, 1.82) is 0 Å². The summed E-state index contributed by atoms with van der Waals surface area (Å²) in [7, 11) is 1.71. The van der Waals surface area contributed by atoms with Crippen LogP contribution in [0.2, 0.25) is 0 Å². The van der Waals surface area contributed by atoms with Gasteiger partial charge in [0.1, 0.15) is 5.75 Å². The molecule has 0 fully saturated rings. The topological polar surface area (TPSA) is 33.3 Å². The van der Waals surface area contributed by atoms with E-state index in [-0.39, 0.29) is 5.54 Å². The van der Waals surface area contributed by atoms with Crippen molar-refractivity contribution in [3.63, 3.8) is 0 Å². The van der Waals surface area contributed by atoms with E-state index in [0.717, 1.165) is 25.4 Å². The lowest BCUT2D eigenvalue weighted by Gasteiger charge is -2.20. The molecule has 1 heterocycles. The second-order valence-electron chi connectivity index (χ2n) is 4.77. The van der Waals surface area contributed by atoms with E-state index in [2.05, 4.69) is 36.8 Å². The van der Waals surface area contributed by atoms with Gasteiger partial charge < -0.3 is 15.4 Å². The molecule has 0 amide bonds. The number of methoxy groups -OCH3 is 1. The van der Waals surface area contributed by atoms with E-state index in [9.17, 15) is 0 Å². The Labute approximate surface area is 102 Å². The lowest BCUT2D eigenvalue weighted by molar-refractivity contribution is 0.407. The van der Waals surface area contributed by atoms with E-state index in [1.54, 1.807) is 18.4 Å². The Bertz CT molecular complexity index is 304. The monoisotopic (exact) mass is 242 g/mol. The highest BCUT2D eigenvalue weighted by Gasteiger charge is 2.07. The SMILES string of the molecule is COc1ccsc1CNCCNC(C)(C)C. The Morgan fingerprint density at radius 2 is 2.06 bits per heavy atom. The van der Waals surface area contributed by atoms with Crippen LogP contribution in [0.15, 0.2) is 11.4 Å². The van der Waals surface area contributed by atoms with Crippen LogP contribution in [-0.2, 0) is 6.54 Å². The van der Waals surface area contributed by atoms with Crippen molar-refractivity contribution in [2.45, 2.75) is 32.9 Å². The van der Waals surface area contributed by atoms with Crippen LogP contribution in [0.5, 0.6) is 5.75 Å². The third-order valence-electron chi connectivity index (χ3n) is 2.17. The molecular weight excluding hydrogens is 220 g/mol. The maximum atomic E-state index is 5.25. The van der Waals surface area contributed by atoms with Crippen molar-refractivity contribution in [1.82, 2.24) is 10.6 Å². The molecule has 92 valence electrons. The van der Waals surface area contributed by atoms with Crippen LogP contribution >= 0.6 is 11.3 Å². The highest BCUT2D eigenvalue weighted by atomic mass is 32.1. The second-order valence-corrected chi connectivity index (χ2v) is 5.77. The van der Waals surface area contributed by atoms with Crippen molar-refractivity contribution in [3.05, 3.63) is 16.3 Å². The van der Waals surface area contributed by atoms with Gasteiger partial charge in [0.2, 0.25) is 0 Å². The molecular formula is C12H22N2OS. The number of thiophene rings is 1. The number of nitrogens with one attached hydrogen (secondary N) is 2. The van der Waals surface area contributed by atoms with Gasteiger partial charge in [-0.3, -0.25) is 0 Å². The maximum absolute atomic E-state index is 5.25. The molecule has 0 saturated carbocycles. The molecule has 0 aliphatic heterocycles. The Hall–Kier alpha value is -0.580. The van der Waals surface area contributed by atoms with Gasteiger partial charge >= 0.3 is 0 Å².